The minimum atomic E-state index is -0.166. The Kier molecular flexibility index (Phi) is 6.10. The topological polar surface area (TPSA) is 58.4 Å². The lowest BCUT2D eigenvalue weighted by Crippen LogP contribution is -2.18. The van der Waals surface area contributed by atoms with Gasteiger partial charge >= 0.3 is 0 Å². The first-order valence-corrected chi connectivity index (χ1v) is 9.27. The molecule has 0 aromatic heterocycles. The van der Waals surface area contributed by atoms with Crippen LogP contribution in [0.1, 0.15) is 30.1 Å². The average molecular weight is 359 g/mol. The van der Waals surface area contributed by atoms with E-state index in [1.54, 1.807) is 24.3 Å². The predicted octanol–water partition coefficient (Wildman–Crippen LogP) is 5.46. The fourth-order valence-electron chi connectivity index (χ4n) is 2.94. The molecule has 3 N–H and O–H groups in total. The summed E-state index contributed by atoms with van der Waals surface area (Å²) in [4.78, 5) is 14.7. The average Bonchev–Trinajstić information content (AvgIpc) is 2.70. The molecule has 0 fully saturated rings. The van der Waals surface area contributed by atoms with E-state index in [-0.39, 0.29) is 5.91 Å². The van der Waals surface area contributed by atoms with Crippen molar-refractivity contribution in [1.29, 1.82) is 0 Å². The highest BCUT2D eigenvalue weighted by molar-refractivity contribution is 6.04. The van der Waals surface area contributed by atoms with Gasteiger partial charge in [-0.25, -0.2) is 0 Å². The van der Waals surface area contributed by atoms with Gasteiger partial charge in [0.05, 0.1) is 0 Å². The lowest BCUT2D eigenvalue weighted by molar-refractivity contribution is 0.102. The summed E-state index contributed by atoms with van der Waals surface area (Å²) in [6, 6.07) is 25.3. The largest absolute Gasteiger partial charge is 0.399 e. The molecule has 0 unspecified atom stereocenters. The Morgan fingerprint density at radius 3 is 2.30 bits per heavy atom. The number of anilines is 4. The number of nitrogens with one attached hydrogen (secondary N) is 1. The molecule has 1 amide bonds. The molecule has 138 valence electrons. The first-order valence-electron chi connectivity index (χ1n) is 9.27. The minimum absolute atomic E-state index is 0.166. The highest BCUT2D eigenvalue weighted by Crippen LogP contribution is 2.27. The summed E-state index contributed by atoms with van der Waals surface area (Å²) < 4.78 is 0. The zero-order valence-corrected chi connectivity index (χ0v) is 15.6. The Bertz CT molecular complexity index is 876. The van der Waals surface area contributed by atoms with Crippen molar-refractivity contribution in [3.05, 3.63) is 84.4 Å². The lowest BCUT2D eigenvalue weighted by Gasteiger charge is -2.25. The van der Waals surface area contributed by atoms with Crippen LogP contribution in [0.4, 0.5) is 22.7 Å². The number of carbonyl (C=O) groups is 1. The summed E-state index contributed by atoms with van der Waals surface area (Å²) in [5.41, 5.74) is 9.91. The summed E-state index contributed by atoms with van der Waals surface area (Å²) in [7, 11) is 0. The van der Waals surface area contributed by atoms with Gasteiger partial charge in [0.15, 0.2) is 0 Å². The highest BCUT2D eigenvalue weighted by atomic mass is 16.1. The van der Waals surface area contributed by atoms with E-state index in [1.165, 1.54) is 5.69 Å². The van der Waals surface area contributed by atoms with E-state index < -0.39 is 0 Å². The molecule has 27 heavy (non-hydrogen) atoms. The van der Waals surface area contributed by atoms with Crippen molar-refractivity contribution in [2.75, 3.05) is 22.5 Å². The summed E-state index contributed by atoms with van der Waals surface area (Å²) in [6.07, 6.45) is 2.25. The van der Waals surface area contributed by atoms with Gasteiger partial charge in [-0.15, -0.1) is 0 Å². The summed E-state index contributed by atoms with van der Waals surface area (Å²) >= 11 is 0. The number of para-hydroxylation sites is 1. The normalized spacial score (nSPS) is 10.4. The van der Waals surface area contributed by atoms with E-state index in [0.29, 0.717) is 11.3 Å². The van der Waals surface area contributed by atoms with E-state index in [0.717, 1.165) is 30.8 Å². The van der Waals surface area contributed by atoms with E-state index in [1.807, 2.05) is 30.3 Å². The van der Waals surface area contributed by atoms with Gasteiger partial charge < -0.3 is 16.0 Å². The SMILES string of the molecule is CCCCN(c1ccccc1)c1ccc(NC(=O)c2cccc(N)c2)cc1. The van der Waals surface area contributed by atoms with Gasteiger partial charge in [0.1, 0.15) is 0 Å². The van der Waals surface area contributed by atoms with Gasteiger partial charge in [0, 0.05) is 34.9 Å². The van der Waals surface area contributed by atoms with Gasteiger partial charge in [-0.3, -0.25) is 4.79 Å². The van der Waals surface area contributed by atoms with Crippen molar-refractivity contribution < 1.29 is 4.79 Å². The third kappa shape index (κ3) is 4.88. The number of nitrogens with zero attached hydrogens (tertiary/aromatic N) is 1. The maximum absolute atomic E-state index is 12.4. The van der Waals surface area contributed by atoms with E-state index in [4.69, 9.17) is 5.73 Å². The van der Waals surface area contributed by atoms with Gasteiger partial charge in [-0.05, 0) is 61.0 Å². The zero-order chi connectivity index (χ0) is 19.1. The predicted molar refractivity (Wildman–Crippen MR) is 114 cm³/mol. The maximum Gasteiger partial charge on any atom is 0.255 e. The molecule has 4 heteroatoms. The molecule has 4 nitrogen and oxygen atoms in total. The van der Waals surface area contributed by atoms with E-state index in [9.17, 15) is 4.79 Å². The van der Waals surface area contributed by atoms with Crippen molar-refractivity contribution >= 4 is 28.7 Å². The van der Waals surface area contributed by atoms with Crippen LogP contribution in [0, 0.1) is 0 Å². The number of nitrogen functional groups attached to an aromatic ring is 1. The van der Waals surface area contributed by atoms with Crippen molar-refractivity contribution in [3.8, 4) is 0 Å². The summed E-state index contributed by atoms with van der Waals surface area (Å²) in [5.74, 6) is -0.166. The number of hydrogen-bond acceptors (Lipinski definition) is 3. The Morgan fingerprint density at radius 2 is 1.63 bits per heavy atom. The Hall–Kier alpha value is -3.27. The van der Waals surface area contributed by atoms with Crippen LogP contribution in [0.25, 0.3) is 0 Å². The Labute approximate surface area is 160 Å². The molecular weight excluding hydrogens is 334 g/mol. The molecule has 0 atom stereocenters. The Balaban J connectivity index is 1.75. The second-order valence-electron chi connectivity index (χ2n) is 6.47. The van der Waals surface area contributed by atoms with Crippen LogP contribution < -0.4 is 16.0 Å². The molecule has 0 saturated carbocycles. The molecule has 3 aromatic rings. The molecule has 3 rings (SSSR count). The number of amides is 1. The second kappa shape index (κ2) is 8.90. The molecule has 3 aromatic carbocycles. The Morgan fingerprint density at radius 1 is 0.926 bits per heavy atom. The number of hydrogen-bond donors (Lipinski definition) is 2. The number of benzene rings is 3. The van der Waals surface area contributed by atoms with Crippen LogP contribution in [0.3, 0.4) is 0 Å². The van der Waals surface area contributed by atoms with Crippen molar-refractivity contribution in [2.24, 2.45) is 0 Å². The van der Waals surface area contributed by atoms with Crippen LogP contribution in [-0.2, 0) is 0 Å². The van der Waals surface area contributed by atoms with Gasteiger partial charge in [0.25, 0.3) is 5.91 Å². The second-order valence-corrected chi connectivity index (χ2v) is 6.47. The molecule has 0 spiro atoms. The van der Waals surface area contributed by atoms with Crippen molar-refractivity contribution in [2.45, 2.75) is 19.8 Å². The third-order valence-corrected chi connectivity index (χ3v) is 4.39. The zero-order valence-electron chi connectivity index (χ0n) is 15.6. The van der Waals surface area contributed by atoms with Crippen molar-refractivity contribution in [3.63, 3.8) is 0 Å². The van der Waals surface area contributed by atoms with Crippen LogP contribution >= 0.6 is 0 Å². The minimum Gasteiger partial charge on any atom is -0.399 e. The molecule has 0 radical (unpaired) electrons. The van der Waals surface area contributed by atoms with Crippen LogP contribution in [0.5, 0.6) is 0 Å². The molecule has 0 heterocycles. The molecule has 0 saturated heterocycles. The van der Waals surface area contributed by atoms with Crippen LogP contribution in [0.2, 0.25) is 0 Å². The standard InChI is InChI=1S/C23H25N3O/c1-2-3-16-26(21-10-5-4-6-11-21)22-14-12-20(13-15-22)25-23(27)18-8-7-9-19(24)17-18/h4-15,17H,2-3,16,24H2,1H3,(H,25,27). The quantitative estimate of drug-likeness (QED) is 0.551. The smallest absolute Gasteiger partial charge is 0.255 e. The first-order chi connectivity index (χ1) is 13.2. The number of unbranched alkanes of at least 4 members (excludes halogenated alkanes) is 1. The van der Waals surface area contributed by atoms with Crippen LogP contribution in [-0.4, -0.2) is 12.5 Å². The molecular formula is C23H25N3O. The van der Waals surface area contributed by atoms with Crippen molar-refractivity contribution in [1.82, 2.24) is 0 Å². The monoisotopic (exact) mass is 359 g/mol. The van der Waals surface area contributed by atoms with Gasteiger partial charge in [-0.2, -0.15) is 0 Å². The molecule has 0 bridgehead atoms. The van der Waals surface area contributed by atoms with Gasteiger partial charge in [-0.1, -0.05) is 37.6 Å². The summed E-state index contributed by atoms with van der Waals surface area (Å²) in [5, 5.41) is 2.92. The first kappa shape index (κ1) is 18.5. The molecule has 0 aliphatic heterocycles. The molecule has 0 aliphatic rings. The fraction of sp³-hybridized carbons (Fsp3) is 0.174. The third-order valence-electron chi connectivity index (χ3n) is 4.39. The molecule has 0 aliphatic carbocycles. The highest BCUT2D eigenvalue weighted by Gasteiger charge is 2.10. The fourth-order valence-corrected chi connectivity index (χ4v) is 2.94. The van der Waals surface area contributed by atoms with E-state index >= 15 is 0 Å². The number of nitrogens with two attached hydrogens (primary N) is 1. The summed E-state index contributed by atoms with van der Waals surface area (Å²) in [6.45, 7) is 3.15. The van der Waals surface area contributed by atoms with Crippen LogP contribution in [0.15, 0.2) is 78.9 Å². The lowest BCUT2D eigenvalue weighted by atomic mass is 10.1. The van der Waals surface area contributed by atoms with E-state index in [2.05, 4.69) is 41.4 Å². The maximum atomic E-state index is 12.4. The number of carbonyl (C=O) groups excluding carboxylic acids is 1. The number of rotatable bonds is 7. The van der Waals surface area contributed by atoms with Gasteiger partial charge in [0.2, 0.25) is 0 Å².